The molecule has 0 amide bonds. The van der Waals surface area contributed by atoms with Crippen molar-refractivity contribution in [3.8, 4) is 5.75 Å². The van der Waals surface area contributed by atoms with E-state index < -0.39 is 0 Å². The van der Waals surface area contributed by atoms with Gasteiger partial charge in [0.25, 0.3) is 0 Å². The van der Waals surface area contributed by atoms with Gasteiger partial charge in [0.15, 0.2) is 17.5 Å². The van der Waals surface area contributed by atoms with Crippen LogP contribution in [0.15, 0.2) is 35.6 Å². The summed E-state index contributed by atoms with van der Waals surface area (Å²) in [6.07, 6.45) is 5.11. The molecule has 1 saturated heterocycles. The number of benzene rings is 1. The van der Waals surface area contributed by atoms with Gasteiger partial charge in [-0.05, 0) is 43.5 Å². The molecule has 1 aromatic carbocycles. The van der Waals surface area contributed by atoms with E-state index in [2.05, 4.69) is 28.4 Å². The Labute approximate surface area is 160 Å². The number of rotatable bonds is 6. The number of likely N-dealkylation sites (tertiary alicyclic amines) is 1. The molecule has 1 fully saturated rings. The molecule has 0 bridgehead atoms. The third kappa shape index (κ3) is 4.78. The topological polar surface area (TPSA) is 54.7 Å². The Hall–Kier alpha value is -2.57. The molecule has 0 spiro atoms. The van der Waals surface area contributed by atoms with Crippen LogP contribution in [0.3, 0.4) is 0 Å². The maximum atomic E-state index is 14.0. The highest BCUT2D eigenvalue weighted by atomic mass is 19.1. The fourth-order valence-corrected chi connectivity index (χ4v) is 3.38. The normalized spacial score (nSPS) is 17.4. The number of nitrogens with zero attached hydrogens (tertiary/aromatic N) is 4. The van der Waals surface area contributed by atoms with Crippen molar-refractivity contribution in [3.05, 3.63) is 47.5 Å². The van der Waals surface area contributed by atoms with Gasteiger partial charge in [0, 0.05) is 38.8 Å². The zero-order valence-electron chi connectivity index (χ0n) is 16.3. The number of halogens is 1. The first-order valence-corrected chi connectivity index (χ1v) is 9.53. The summed E-state index contributed by atoms with van der Waals surface area (Å²) in [5.41, 5.74) is 2.10. The van der Waals surface area contributed by atoms with Crippen molar-refractivity contribution in [2.45, 2.75) is 32.7 Å². The number of aliphatic imine (C=N–C) groups is 1. The first kappa shape index (κ1) is 19.2. The molecule has 1 atom stereocenters. The zero-order valence-corrected chi connectivity index (χ0v) is 16.3. The van der Waals surface area contributed by atoms with Crippen LogP contribution in [0.2, 0.25) is 0 Å². The third-order valence-electron chi connectivity index (χ3n) is 4.73. The highest BCUT2D eigenvalue weighted by Gasteiger charge is 2.26. The maximum absolute atomic E-state index is 14.0. The van der Waals surface area contributed by atoms with Crippen LogP contribution < -0.4 is 10.1 Å². The molecule has 6 nitrogen and oxygen atoms in total. The van der Waals surface area contributed by atoms with Crippen molar-refractivity contribution in [2.24, 2.45) is 12.0 Å². The largest absolute Gasteiger partial charge is 0.491 e. The second-order valence-corrected chi connectivity index (χ2v) is 6.75. The van der Waals surface area contributed by atoms with E-state index in [1.807, 2.05) is 30.9 Å². The van der Waals surface area contributed by atoms with Crippen LogP contribution in [-0.4, -0.2) is 46.9 Å². The van der Waals surface area contributed by atoms with Crippen LogP contribution >= 0.6 is 0 Å². The van der Waals surface area contributed by atoms with Crippen LogP contribution in [0.5, 0.6) is 5.75 Å². The van der Waals surface area contributed by atoms with Crippen molar-refractivity contribution < 1.29 is 9.13 Å². The highest BCUT2D eigenvalue weighted by Crippen LogP contribution is 2.27. The molecular weight excluding hydrogens is 345 g/mol. The average molecular weight is 373 g/mol. The number of aryl methyl sites for hydroxylation is 1. The number of hydrogen-bond acceptors (Lipinski definition) is 3. The summed E-state index contributed by atoms with van der Waals surface area (Å²) in [5, 5.41) is 7.63. The summed E-state index contributed by atoms with van der Waals surface area (Å²) in [4.78, 5) is 6.99. The number of guanidine groups is 1. The average Bonchev–Trinajstić information content (AvgIpc) is 3.30. The third-order valence-corrected chi connectivity index (χ3v) is 4.73. The Morgan fingerprint density at radius 2 is 2.26 bits per heavy atom. The van der Waals surface area contributed by atoms with Gasteiger partial charge >= 0.3 is 0 Å². The molecule has 146 valence electrons. The number of nitrogens with one attached hydrogen (secondary N) is 1. The zero-order chi connectivity index (χ0) is 19.2. The van der Waals surface area contributed by atoms with Gasteiger partial charge < -0.3 is 15.0 Å². The summed E-state index contributed by atoms with van der Waals surface area (Å²) >= 11 is 0. The molecule has 0 aliphatic carbocycles. The van der Waals surface area contributed by atoms with Crippen LogP contribution in [0, 0.1) is 5.82 Å². The quantitative estimate of drug-likeness (QED) is 0.625. The van der Waals surface area contributed by atoms with Gasteiger partial charge in [-0.15, -0.1) is 0 Å². The van der Waals surface area contributed by atoms with Gasteiger partial charge in [-0.3, -0.25) is 4.68 Å². The molecule has 3 rings (SSSR count). The first-order valence-electron chi connectivity index (χ1n) is 9.53. The Bertz CT molecular complexity index is 788. The summed E-state index contributed by atoms with van der Waals surface area (Å²) in [6, 6.07) is 5.04. The maximum Gasteiger partial charge on any atom is 0.194 e. The van der Waals surface area contributed by atoms with Gasteiger partial charge in [-0.1, -0.05) is 6.07 Å². The summed E-state index contributed by atoms with van der Waals surface area (Å²) in [5.74, 6) is 1.28. The van der Waals surface area contributed by atoms with Crippen LogP contribution in [0.25, 0.3) is 0 Å². The van der Waals surface area contributed by atoms with Crippen molar-refractivity contribution in [1.29, 1.82) is 0 Å². The fraction of sp³-hybridized carbons (Fsp3) is 0.500. The molecule has 0 radical (unpaired) electrons. The Morgan fingerprint density at radius 1 is 1.41 bits per heavy atom. The van der Waals surface area contributed by atoms with E-state index in [1.54, 1.807) is 6.07 Å². The van der Waals surface area contributed by atoms with Gasteiger partial charge in [-0.25, -0.2) is 9.38 Å². The van der Waals surface area contributed by atoms with Crippen LogP contribution in [0.4, 0.5) is 4.39 Å². The molecule has 2 aromatic rings. The molecule has 1 aliphatic heterocycles. The van der Waals surface area contributed by atoms with Crippen LogP contribution in [-0.2, 0) is 13.6 Å². The lowest BCUT2D eigenvalue weighted by Crippen LogP contribution is -2.40. The first-order chi connectivity index (χ1) is 13.1. The van der Waals surface area contributed by atoms with Crippen molar-refractivity contribution >= 4 is 5.96 Å². The molecule has 2 heterocycles. The standard InChI is InChI=1S/C20H28FN5O/c1-4-22-20(23-11-15-6-7-19(27-5-2)18(21)10-15)26-9-8-16(14-26)17-12-24-25(3)13-17/h6-7,10,12-13,16H,4-5,8-9,11,14H2,1-3H3,(H,22,23). The van der Waals surface area contributed by atoms with E-state index in [0.717, 1.165) is 37.6 Å². The Balaban J connectivity index is 1.67. The van der Waals surface area contributed by atoms with E-state index in [9.17, 15) is 4.39 Å². The number of hydrogen-bond donors (Lipinski definition) is 1. The second kappa shape index (κ2) is 8.88. The highest BCUT2D eigenvalue weighted by molar-refractivity contribution is 5.80. The summed E-state index contributed by atoms with van der Waals surface area (Å²) in [6.45, 7) is 7.43. The Morgan fingerprint density at radius 3 is 2.93 bits per heavy atom. The van der Waals surface area contributed by atoms with Gasteiger partial charge in [0.05, 0.1) is 19.3 Å². The monoisotopic (exact) mass is 373 g/mol. The summed E-state index contributed by atoms with van der Waals surface area (Å²) in [7, 11) is 1.94. The van der Waals surface area contributed by atoms with Crippen molar-refractivity contribution in [2.75, 3.05) is 26.2 Å². The van der Waals surface area contributed by atoms with E-state index in [4.69, 9.17) is 9.73 Å². The minimum atomic E-state index is -0.340. The lowest BCUT2D eigenvalue weighted by molar-refractivity contribution is 0.321. The lowest BCUT2D eigenvalue weighted by atomic mass is 10.0. The Kier molecular flexibility index (Phi) is 6.32. The fourth-order valence-electron chi connectivity index (χ4n) is 3.38. The van der Waals surface area contributed by atoms with Gasteiger partial charge in [0.1, 0.15) is 0 Å². The molecule has 1 N–H and O–H groups in total. The number of aromatic nitrogens is 2. The molecule has 27 heavy (non-hydrogen) atoms. The second-order valence-electron chi connectivity index (χ2n) is 6.75. The minimum absolute atomic E-state index is 0.288. The number of ether oxygens (including phenoxy) is 1. The van der Waals surface area contributed by atoms with Crippen molar-refractivity contribution in [3.63, 3.8) is 0 Å². The predicted octanol–water partition coefficient (Wildman–Crippen LogP) is 2.91. The summed E-state index contributed by atoms with van der Waals surface area (Å²) < 4.78 is 21.1. The molecular formula is C20H28FN5O. The van der Waals surface area contributed by atoms with E-state index in [1.165, 1.54) is 11.6 Å². The molecule has 1 aromatic heterocycles. The van der Waals surface area contributed by atoms with Gasteiger partial charge in [-0.2, -0.15) is 5.10 Å². The molecule has 1 aliphatic rings. The van der Waals surface area contributed by atoms with E-state index >= 15 is 0 Å². The van der Waals surface area contributed by atoms with Crippen molar-refractivity contribution in [1.82, 2.24) is 20.0 Å². The predicted molar refractivity (Wildman–Crippen MR) is 105 cm³/mol. The molecule has 0 saturated carbocycles. The van der Waals surface area contributed by atoms with Gasteiger partial charge in [0.2, 0.25) is 0 Å². The van der Waals surface area contributed by atoms with Crippen LogP contribution in [0.1, 0.15) is 37.3 Å². The minimum Gasteiger partial charge on any atom is -0.491 e. The van der Waals surface area contributed by atoms with E-state index in [-0.39, 0.29) is 11.6 Å². The molecule has 7 heteroatoms. The lowest BCUT2D eigenvalue weighted by Gasteiger charge is -2.21. The molecule has 1 unspecified atom stereocenters. The van der Waals surface area contributed by atoms with E-state index in [0.29, 0.717) is 19.1 Å². The SMILES string of the molecule is CCNC(=NCc1ccc(OCC)c(F)c1)N1CCC(c2cnn(C)c2)C1. The smallest absolute Gasteiger partial charge is 0.194 e.